The fraction of sp³-hybridized carbons (Fsp3) is 0.400. The van der Waals surface area contributed by atoms with E-state index in [9.17, 15) is 4.79 Å². The number of carbonyl (C=O) groups is 1. The van der Waals surface area contributed by atoms with Gasteiger partial charge in [-0.05, 0) is 22.0 Å². The molecule has 0 fully saturated rings. The molecule has 0 aliphatic rings. The number of nitrogens with one attached hydrogen (secondary N) is 1. The Hall–Kier alpha value is -1.37. The molecular weight excluding hydrogens is 336 g/mol. The van der Waals surface area contributed by atoms with E-state index in [0.717, 1.165) is 15.4 Å². The van der Waals surface area contributed by atoms with Gasteiger partial charge in [-0.25, -0.2) is 0 Å². The van der Waals surface area contributed by atoms with Crippen LogP contribution in [0.3, 0.4) is 0 Å². The predicted molar refractivity (Wildman–Crippen MR) is 85.7 cm³/mol. The first kappa shape index (κ1) is 16.0. The molecule has 6 heteroatoms. The van der Waals surface area contributed by atoms with Gasteiger partial charge < -0.3 is 19.4 Å². The second kappa shape index (κ2) is 7.59. The number of ether oxygens (including phenoxy) is 2. The predicted octanol–water partition coefficient (Wildman–Crippen LogP) is 2.67. The van der Waals surface area contributed by atoms with Gasteiger partial charge in [-0.15, -0.1) is 0 Å². The topological polar surface area (TPSA) is 54.6 Å². The van der Waals surface area contributed by atoms with Gasteiger partial charge in [0, 0.05) is 38.2 Å². The maximum atomic E-state index is 12.7. The number of methoxy groups -OCH3 is 2. The molecule has 21 heavy (non-hydrogen) atoms. The second-order valence-corrected chi connectivity index (χ2v) is 5.43. The molecule has 0 aliphatic heterocycles. The van der Waals surface area contributed by atoms with Crippen molar-refractivity contribution in [2.75, 3.05) is 40.5 Å². The van der Waals surface area contributed by atoms with Crippen molar-refractivity contribution < 1.29 is 14.3 Å². The zero-order valence-corrected chi connectivity index (χ0v) is 13.8. The first-order chi connectivity index (χ1) is 10.2. The molecule has 2 rings (SSSR count). The Labute approximate surface area is 132 Å². The lowest BCUT2D eigenvalue weighted by Gasteiger charge is -2.21. The van der Waals surface area contributed by atoms with Crippen LogP contribution in [0.2, 0.25) is 0 Å². The minimum atomic E-state index is -0.0628. The van der Waals surface area contributed by atoms with Crippen LogP contribution in [0, 0.1) is 0 Å². The number of halogens is 1. The van der Waals surface area contributed by atoms with Crippen molar-refractivity contribution in [3.8, 4) is 0 Å². The number of amides is 1. The highest BCUT2D eigenvalue weighted by atomic mass is 79.9. The summed E-state index contributed by atoms with van der Waals surface area (Å²) in [5.41, 5.74) is 1.49. The quantitative estimate of drug-likeness (QED) is 0.831. The minimum Gasteiger partial charge on any atom is -0.383 e. The van der Waals surface area contributed by atoms with E-state index in [4.69, 9.17) is 9.47 Å². The lowest BCUT2D eigenvalue weighted by molar-refractivity contribution is 0.0622. The molecular formula is C15H19BrN2O3. The zero-order chi connectivity index (χ0) is 15.2. The van der Waals surface area contributed by atoms with Crippen LogP contribution in [-0.2, 0) is 9.47 Å². The second-order valence-electron chi connectivity index (χ2n) is 4.64. The van der Waals surface area contributed by atoms with E-state index in [1.54, 1.807) is 19.1 Å². The summed E-state index contributed by atoms with van der Waals surface area (Å²) in [7, 11) is 3.25. The molecule has 1 N–H and O–H groups in total. The smallest absolute Gasteiger partial charge is 0.271 e. The average molecular weight is 355 g/mol. The van der Waals surface area contributed by atoms with Crippen LogP contribution in [-0.4, -0.2) is 56.3 Å². The number of para-hydroxylation sites is 1. The van der Waals surface area contributed by atoms with Crippen molar-refractivity contribution in [2.24, 2.45) is 0 Å². The first-order valence-corrected chi connectivity index (χ1v) is 7.51. The Balaban J connectivity index is 2.26. The summed E-state index contributed by atoms with van der Waals surface area (Å²) in [4.78, 5) is 17.6. The summed E-state index contributed by atoms with van der Waals surface area (Å²) in [6, 6.07) is 7.81. The number of H-pyrrole nitrogens is 1. The van der Waals surface area contributed by atoms with Gasteiger partial charge in [0.05, 0.1) is 17.7 Å². The molecule has 1 heterocycles. The van der Waals surface area contributed by atoms with Crippen molar-refractivity contribution >= 4 is 32.7 Å². The fourth-order valence-electron chi connectivity index (χ4n) is 2.13. The van der Waals surface area contributed by atoms with Gasteiger partial charge in [0.25, 0.3) is 5.91 Å². The summed E-state index contributed by atoms with van der Waals surface area (Å²) < 4.78 is 10.9. The molecule has 1 amide bonds. The molecule has 5 nitrogen and oxygen atoms in total. The van der Waals surface area contributed by atoms with Crippen LogP contribution in [0.15, 0.2) is 28.7 Å². The SMILES string of the molecule is COCCN(CCOC)C(=O)c1[nH]c2ccccc2c1Br. The number of rotatable bonds is 7. The summed E-state index contributed by atoms with van der Waals surface area (Å²) >= 11 is 3.52. The Kier molecular flexibility index (Phi) is 5.78. The number of aromatic nitrogens is 1. The largest absolute Gasteiger partial charge is 0.383 e. The molecule has 1 aromatic heterocycles. The third-order valence-corrected chi connectivity index (χ3v) is 4.10. The van der Waals surface area contributed by atoms with Crippen LogP contribution < -0.4 is 0 Å². The summed E-state index contributed by atoms with van der Waals surface area (Å²) in [5, 5.41) is 0.999. The molecule has 0 radical (unpaired) electrons. The molecule has 0 aliphatic carbocycles. The molecule has 0 spiro atoms. The molecule has 2 aromatic rings. The maximum Gasteiger partial charge on any atom is 0.271 e. The highest BCUT2D eigenvalue weighted by molar-refractivity contribution is 9.10. The molecule has 114 valence electrons. The van der Waals surface area contributed by atoms with Crippen molar-refractivity contribution in [3.63, 3.8) is 0 Å². The van der Waals surface area contributed by atoms with Crippen LogP contribution in [0.1, 0.15) is 10.5 Å². The number of benzene rings is 1. The van der Waals surface area contributed by atoms with Gasteiger partial charge >= 0.3 is 0 Å². The van der Waals surface area contributed by atoms with Crippen LogP contribution in [0.5, 0.6) is 0 Å². The highest BCUT2D eigenvalue weighted by Gasteiger charge is 2.21. The highest BCUT2D eigenvalue weighted by Crippen LogP contribution is 2.28. The number of carbonyl (C=O) groups excluding carboxylic acids is 1. The molecule has 0 unspecified atom stereocenters. The van der Waals surface area contributed by atoms with E-state index >= 15 is 0 Å². The summed E-state index contributed by atoms with van der Waals surface area (Å²) in [6.45, 7) is 2.04. The van der Waals surface area contributed by atoms with Gasteiger partial charge in [-0.2, -0.15) is 0 Å². The van der Waals surface area contributed by atoms with Gasteiger partial charge in [0.2, 0.25) is 0 Å². The molecule has 0 atom stereocenters. The Bertz CT molecular complexity index is 604. The number of hydrogen-bond acceptors (Lipinski definition) is 3. The lowest BCUT2D eigenvalue weighted by Crippen LogP contribution is -2.36. The standard InChI is InChI=1S/C15H19BrN2O3/c1-20-9-7-18(8-10-21-2)15(19)14-13(16)11-5-3-4-6-12(11)17-14/h3-6,17H,7-10H2,1-2H3. The fourth-order valence-corrected chi connectivity index (χ4v) is 2.75. The minimum absolute atomic E-state index is 0.0628. The monoisotopic (exact) mass is 354 g/mol. The summed E-state index contributed by atoms with van der Waals surface area (Å²) in [6.07, 6.45) is 0. The first-order valence-electron chi connectivity index (χ1n) is 6.72. The van der Waals surface area contributed by atoms with Crippen LogP contribution in [0.4, 0.5) is 0 Å². The van der Waals surface area contributed by atoms with Gasteiger partial charge in [0.1, 0.15) is 5.69 Å². The Morgan fingerprint density at radius 3 is 2.38 bits per heavy atom. The van der Waals surface area contributed by atoms with E-state index in [1.807, 2.05) is 24.3 Å². The van der Waals surface area contributed by atoms with Crippen LogP contribution in [0.25, 0.3) is 10.9 Å². The number of aromatic amines is 1. The van der Waals surface area contributed by atoms with Crippen LogP contribution >= 0.6 is 15.9 Å². The molecule has 0 saturated carbocycles. The summed E-state index contributed by atoms with van der Waals surface area (Å²) in [5.74, 6) is -0.0628. The van der Waals surface area contributed by atoms with Crippen molar-refractivity contribution in [1.29, 1.82) is 0 Å². The maximum absolute atomic E-state index is 12.7. The third-order valence-electron chi connectivity index (χ3n) is 3.27. The van der Waals surface area contributed by atoms with Gasteiger partial charge in [0.15, 0.2) is 0 Å². The lowest BCUT2D eigenvalue weighted by atomic mass is 10.2. The van der Waals surface area contributed by atoms with E-state index in [1.165, 1.54) is 0 Å². The number of hydrogen-bond donors (Lipinski definition) is 1. The normalized spacial score (nSPS) is 11.0. The number of fused-ring (bicyclic) bond motifs is 1. The third kappa shape index (κ3) is 3.64. The molecule has 1 aromatic carbocycles. The average Bonchev–Trinajstić information content (AvgIpc) is 2.84. The van der Waals surface area contributed by atoms with E-state index in [0.29, 0.717) is 32.0 Å². The van der Waals surface area contributed by atoms with E-state index < -0.39 is 0 Å². The Morgan fingerprint density at radius 2 is 1.81 bits per heavy atom. The molecule has 0 saturated heterocycles. The number of nitrogens with zero attached hydrogens (tertiary/aromatic N) is 1. The van der Waals surface area contributed by atoms with Crippen molar-refractivity contribution in [3.05, 3.63) is 34.4 Å². The molecule has 0 bridgehead atoms. The zero-order valence-electron chi connectivity index (χ0n) is 12.2. The van der Waals surface area contributed by atoms with E-state index in [-0.39, 0.29) is 5.91 Å². The van der Waals surface area contributed by atoms with Crippen molar-refractivity contribution in [1.82, 2.24) is 9.88 Å². The van der Waals surface area contributed by atoms with Gasteiger partial charge in [-0.1, -0.05) is 18.2 Å². The van der Waals surface area contributed by atoms with E-state index in [2.05, 4.69) is 20.9 Å². The van der Waals surface area contributed by atoms with Crippen molar-refractivity contribution in [2.45, 2.75) is 0 Å². The Morgan fingerprint density at radius 1 is 1.19 bits per heavy atom. The van der Waals surface area contributed by atoms with Gasteiger partial charge in [-0.3, -0.25) is 4.79 Å².